The Labute approximate surface area is 195 Å². The molecule has 10 atom stereocenters. The third-order valence-corrected chi connectivity index (χ3v) is 6.36. The number of carbonyl (C=O) groups is 1. The number of ether oxygens (including phenoxy) is 4. The zero-order valence-electron chi connectivity index (χ0n) is 18.0. The molecule has 0 radical (unpaired) electrons. The number of rotatable bonds is 6. The Balaban J connectivity index is 1.50. The van der Waals surface area contributed by atoms with E-state index >= 15 is 0 Å². The van der Waals surface area contributed by atoms with Gasteiger partial charge in [-0.3, -0.25) is 0 Å². The topological polar surface area (TPSA) is 175 Å². The predicted octanol–water partition coefficient (Wildman–Crippen LogP) is -1.59. The minimum absolute atomic E-state index is 0.117. The fourth-order valence-corrected chi connectivity index (χ4v) is 4.47. The van der Waals surface area contributed by atoms with E-state index in [-0.39, 0.29) is 6.42 Å². The molecule has 2 fully saturated rings. The second kappa shape index (κ2) is 10.1. The van der Waals surface area contributed by atoms with Gasteiger partial charge in [0, 0.05) is 12.5 Å². The number of hydrogen-bond acceptors (Lipinski definition) is 11. The van der Waals surface area contributed by atoms with Crippen molar-refractivity contribution < 1.29 is 54.4 Å². The molecule has 0 unspecified atom stereocenters. The molecule has 0 amide bonds. The third kappa shape index (κ3) is 4.74. The van der Waals surface area contributed by atoms with E-state index in [4.69, 9.17) is 18.9 Å². The first kappa shape index (κ1) is 24.8. The first-order valence-electron chi connectivity index (χ1n) is 10.9. The minimum atomic E-state index is -1.87. The second-order valence-electron chi connectivity index (χ2n) is 8.52. The average Bonchev–Trinajstić information content (AvgIpc) is 3.08. The molecule has 6 N–H and O–H groups in total. The van der Waals surface area contributed by atoms with E-state index < -0.39 is 73.3 Å². The van der Waals surface area contributed by atoms with Crippen molar-refractivity contribution in [2.24, 2.45) is 5.92 Å². The van der Waals surface area contributed by atoms with Gasteiger partial charge in [-0.05, 0) is 17.7 Å². The summed E-state index contributed by atoms with van der Waals surface area (Å²) in [5.74, 6) is -1.83. The Kier molecular flexibility index (Phi) is 7.36. The lowest BCUT2D eigenvalue weighted by molar-refractivity contribution is -0.348. The molecule has 34 heavy (non-hydrogen) atoms. The molecule has 1 saturated carbocycles. The van der Waals surface area contributed by atoms with Crippen LogP contribution in [-0.4, -0.2) is 98.0 Å². The van der Waals surface area contributed by atoms with Gasteiger partial charge in [0.1, 0.15) is 36.1 Å². The van der Waals surface area contributed by atoms with Crippen molar-refractivity contribution >= 4 is 12.0 Å². The van der Waals surface area contributed by atoms with Gasteiger partial charge < -0.3 is 49.6 Å². The summed E-state index contributed by atoms with van der Waals surface area (Å²) < 4.78 is 21.9. The van der Waals surface area contributed by atoms with Crippen molar-refractivity contribution in [2.75, 3.05) is 6.61 Å². The first-order valence-corrected chi connectivity index (χ1v) is 10.9. The number of esters is 1. The quantitative estimate of drug-likeness (QED) is 0.204. The number of hydrogen-bond donors (Lipinski definition) is 6. The van der Waals surface area contributed by atoms with Gasteiger partial charge in [-0.2, -0.15) is 0 Å². The molecular formula is C23H28O11. The van der Waals surface area contributed by atoms with Crippen LogP contribution < -0.4 is 0 Å². The van der Waals surface area contributed by atoms with E-state index in [1.54, 1.807) is 18.2 Å². The summed E-state index contributed by atoms with van der Waals surface area (Å²) in [6, 6.07) is 9.05. The molecule has 186 valence electrons. The third-order valence-electron chi connectivity index (χ3n) is 6.36. The van der Waals surface area contributed by atoms with Crippen LogP contribution in [0.25, 0.3) is 6.08 Å². The summed E-state index contributed by atoms with van der Waals surface area (Å²) in [5.41, 5.74) is -1.10. The molecule has 0 bridgehead atoms. The summed E-state index contributed by atoms with van der Waals surface area (Å²) in [6.07, 6.45) is -6.47. The maximum Gasteiger partial charge on any atom is 0.331 e. The minimum Gasteiger partial charge on any atom is -0.472 e. The lowest BCUT2D eigenvalue weighted by Gasteiger charge is -2.44. The molecule has 3 aliphatic rings. The largest absolute Gasteiger partial charge is 0.472 e. The van der Waals surface area contributed by atoms with E-state index in [2.05, 4.69) is 0 Å². The molecule has 1 aromatic rings. The molecule has 11 heteroatoms. The van der Waals surface area contributed by atoms with Gasteiger partial charge in [0.25, 0.3) is 0 Å². The van der Waals surface area contributed by atoms with Crippen LogP contribution in [0.2, 0.25) is 0 Å². The molecule has 0 aromatic heterocycles. The predicted molar refractivity (Wildman–Crippen MR) is 113 cm³/mol. The van der Waals surface area contributed by atoms with Crippen LogP contribution in [0, 0.1) is 5.92 Å². The van der Waals surface area contributed by atoms with Crippen LogP contribution >= 0.6 is 0 Å². The van der Waals surface area contributed by atoms with Crippen LogP contribution in [0.4, 0.5) is 0 Å². The van der Waals surface area contributed by atoms with Crippen LogP contribution in [0.3, 0.4) is 0 Å². The fourth-order valence-electron chi connectivity index (χ4n) is 4.47. The Morgan fingerprint density at radius 2 is 1.82 bits per heavy atom. The number of carbonyl (C=O) groups excluding carboxylic acids is 1. The highest BCUT2D eigenvalue weighted by molar-refractivity contribution is 5.87. The molecule has 1 saturated heterocycles. The van der Waals surface area contributed by atoms with Crippen molar-refractivity contribution in [3.63, 3.8) is 0 Å². The molecule has 11 nitrogen and oxygen atoms in total. The van der Waals surface area contributed by atoms with E-state index in [1.165, 1.54) is 12.2 Å². The van der Waals surface area contributed by atoms with Crippen molar-refractivity contribution in [1.29, 1.82) is 0 Å². The summed E-state index contributed by atoms with van der Waals surface area (Å²) in [6.45, 7) is -0.656. The molecule has 4 rings (SSSR count). The normalized spacial score (nSPS) is 41.8. The SMILES string of the molecule is O=C(/C=C/c1ccccc1)O[C@H]1C[C@@H](O)[C@]2(O)C=CO[C@@H](O[C@@H]3O[C@H](CO)[C@@H](O)[C@H](O)[C@H]3O)[C@H]12. The van der Waals surface area contributed by atoms with Crippen LogP contribution in [0.15, 0.2) is 48.7 Å². The zero-order chi connectivity index (χ0) is 24.5. The lowest BCUT2D eigenvalue weighted by Crippen LogP contribution is -2.61. The zero-order valence-corrected chi connectivity index (χ0v) is 18.0. The lowest BCUT2D eigenvalue weighted by atomic mass is 9.86. The number of benzene rings is 1. The number of aliphatic hydroxyl groups is 6. The number of fused-ring (bicyclic) bond motifs is 1. The van der Waals surface area contributed by atoms with Gasteiger partial charge in [-0.15, -0.1) is 0 Å². The van der Waals surface area contributed by atoms with Gasteiger partial charge in [0.05, 0.1) is 24.9 Å². The summed E-state index contributed by atoms with van der Waals surface area (Å²) >= 11 is 0. The Morgan fingerprint density at radius 1 is 1.09 bits per heavy atom. The van der Waals surface area contributed by atoms with Gasteiger partial charge in [-0.1, -0.05) is 30.3 Å². The molecule has 1 aromatic carbocycles. The summed E-state index contributed by atoms with van der Waals surface area (Å²) in [5, 5.41) is 61.2. The molecule has 2 heterocycles. The Bertz CT molecular complexity index is 903. The maximum atomic E-state index is 12.4. The second-order valence-corrected chi connectivity index (χ2v) is 8.52. The van der Waals surface area contributed by atoms with Crippen LogP contribution in [0.5, 0.6) is 0 Å². The number of aliphatic hydroxyl groups excluding tert-OH is 5. The highest BCUT2D eigenvalue weighted by Crippen LogP contribution is 2.45. The maximum absolute atomic E-state index is 12.4. The monoisotopic (exact) mass is 480 g/mol. The summed E-state index contributed by atoms with van der Waals surface area (Å²) in [4.78, 5) is 12.4. The first-order chi connectivity index (χ1) is 16.2. The van der Waals surface area contributed by atoms with E-state index in [9.17, 15) is 35.4 Å². The molecule has 2 aliphatic heterocycles. The van der Waals surface area contributed by atoms with E-state index in [0.717, 1.165) is 11.8 Å². The van der Waals surface area contributed by atoms with E-state index in [0.29, 0.717) is 0 Å². The van der Waals surface area contributed by atoms with Crippen molar-refractivity contribution in [1.82, 2.24) is 0 Å². The van der Waals surface area contributed by atoms with Crippen molar-refractivity contribution in [3.05, 3.63) is 54.3 Å². The summed E-state index contributed by atoms with van der Waals surface area (Å²) in [7, 11) is 0. The Hall–Kier alpha value is -2.35. The fraction of sp³-hybridized carbons (Fsp3) is 0.522. The Morgan fingerprint density at radius 3 is 2.53 bits per heavy atom. The van der Waals surface area contributed by atoms with Gasteiger partial charge >= 0.3 is 5.97 Å². The molecule has 1 aliphatic carbocycles. The molecule has 0 spiro atoms. The average molecular weight is 480 g/mol. The van der Waals surface area contributed by atoms with Crippen LogP contribution in [-0.2, 0) is 23.7 Å². The highest BCUT2D eigenvalue weighted by Gasteiger charge is 2.61. The van der Waals surface area contributed by atoms with Gasteiger partial charge in [-0.25, -0.2) is 4.79 Å². The van der Waals surface area contributed by atoms with Crippen LogP contribution in [0.1, 0.15) is 12.0 Å². The highest BCUT2D eigenvalue weighted by atomic mass is 16.8. The van der Waals surface area contributed by atoms with E-state index in [1.807, 2.05) is 18.2 Å². The van der Waals surface area contributed by atoms with Gasteiger partial charge in [0.2, 0.25) is 6.29 Å². The van der Waals surface area contributed by atoms with Crippen molar-refractivity contribution in [3.8, 4) is 0 Å². The smallest absolute Gasteiger partial charge is 0.331 e. The standard InChI is InChI=1S/C23H28O11/c24-11-14-18(27)19(28)20(29)22(33-14)34-21-17-13(10-15(25)23(17,30)8-9-31-21)32-16(26)7-6-12-4-2-1-3-5-12/h1-9,13-15,17-22,24-25,27-30H,10-11H2/b7-6+/t13-,14+,15+,17-,18+,19-,20+,21-,22-,23+/m0/s1. The van der Waals surface area contributed by atoms with Gasteiger partial charge in [0.15, 0.2) is 6.29 Å². The molecular weight excluding hydrogens is 452 g/mol. The van der Waals surface area contributed by atoms with Crippen molar-refractivity contribution in [2.45, 2.75) is 61.2 Å².